The standard InChI is InChI=1S/C23H32O4/c1-20(2)15-7-9-22(20,5)18(25)13(15)11-17(24)27-12-14-16-8-10-23(6,19(14)26)21(16,3)4/h11,14-16H,7-10,12H2,1-6H3/b13-11-. The van der Waals surface area contributed by atoms with Gasteiger partial charge in [-0.2, -0.15) is 0 Å². The number of esters is 1. The van der Waals surface area contributed by atoms with Gasteiger partial charge in [-0.25, -0.2) is 4.79 Å². The van der Waals surface area contributed by atoms with Crippen molar-refractivity contribution >= 4 is 17.5 Å². The molecule has 27 heavy (non-hydrogen) atoms. The minimum atomic E-state index is -0.469. The Labute approximate surface area is 162 Å². The Morgan fingerprint density at radius 3 is 2.15 bits per heavy atom. The van der Waals surface area contributed by atoms with E-state index in [-0.39, 0.29) is 57.6 Å². The van der Waals surface area contributed by atoms with Crippen LogP contribution < -0.4 is 0 Å². The first kappa shape index (κ1) is 18.9. The first-order chi connectivity index (χ1) is 12.4. The highest BCUT2D eigenvalue weighted by Crippen LogP contribution is 2.66. The van der Waals surface area contributed by atoms with Gasteiger partial charge in [0, 0.05) is 22.5 Å². The molecule has 0 heterocycles. The van der Waals surface area contributed by atoms with Gasteiger partial charge in [-0.3, -0.25) is 9.59 Å². The molecule has 4 fully saturated rings. The smallest absolute Gasteiger partial charge is 0.331 e. The number of Topliss-reactive ketones (excluding diaryl/α,β-unsaturated/α-hetero) is 2. The average molecular weight is 373 g/mol. The highest BCUT2D eigenvalue weighted by molar-refractivity contribution is 6.08. The molecule has 0 saturated heterocycles. The summed E-state index contributed by atoms with van der Waals surface area (Å²) >= 11 is 0. The zero-order valence-electron chi connectivity index (χ0n) is 17.5. The van der Waals surface area contributed by atoms with E-state index in [0.29, 0.717) is 5.57 Å². The molecule has 0 N–H and O–H groups in total. The number of allylic oxidation sites excluding steroid dienone is 1. The van der Waals surface area contributed by atoms with E-state index < -0.39 is 5.97 Å². The molecule has 0 aromatic rings. The number of carbonyl (C=O) groups excluding carboxylic acids is 3. The summed E-state index contributed by atoms with van der Waals surface area (Å²) in [7, 11) is 0. The van der Waals surface area contributed by atoms with Crippen LogP contribution in [0.15, 0.2) is 11.6 Å². The molecule has 0 aromatic carbocycles. The van der Waals surface area contributed by atoms with E-state index >= 15 is 0 Å². The van der Waals surface area contributed by atoms with Crippen molar-refractivity contribution in [3.8, 4) is 0 Å². The van der Waals surface area contributed by atoms with Gasteiger partial charge >= 0.3 is 5.97 Å². The summed E-state index contributed by atoms with van der Waals surface area (Å²) in [5, 5.41) is 0. The molecule has 0 amide bonds. The Morgan fingerprint density at radius 1 is 1.00 bits per heavy atom. The van der Waals surface area contributed by atoms with Gasteiger partial charge < -0.3 is 4.74 Å². The summed E-state index contributed by atoms with van der Waals surface area (Å²) < 4.78 is 5.52. The molecule has 4 saturated carbocycles. The van der Waals surface area contributed by atoms with Gasteiger partial charge in [-0.05, 0) is 48.3 Å². The molecule has 4 aliphatic carbocycles. The van der Waals surface area contributed by atoms with Gasteiger partial charge in [0.1, 0.15) is 12.4 Å². The summed E-state index contributed by atoms with van der Waals surface area (Å²) in [6, 6.07) is 0. The Hall–Kier alpha value is -1.45. The van der Waals surface area contributed by atoms with E-state index in [2.05, 4.69) is 34.6 Å². The topological polar surface area (TPSA) is 60.4 Å². The zero-order valence-corrected chi connectivity index (χ0v) is 17.5. The van der Waals surface area contributed by atoms with E-state index in [1.807, 2.05) is 6.92 Å². The molecule has 0 aromatic heterocycles. The maximum Gasteiger partial charge on any atom is 0.331 e. The van der Waals surface area contributed by atoms with Crippen LogP contribution in [0.3, 0.4) is 0 Å². The van der Waals surface area contributed by atoms with E-state index in [4.69, 9.17) is 4.74 Å². The van der Waals surface area contributed by atoms with Gasteiger partial charge in [0.2, 0.25) is 0 Å². The summed E-state index contributed by atoms with van der Waals surface area (Å²) in [5.41, 5.74) is -0.200. The highest BCUT2D eigenvalue weighted by atomic mass is 16.5. The molecule has 4 nitrogen and oxygen atoms in total. The summed E-state index contributed by atoms with van der Waals surface area (Å²) in [6.45, 7) is 12.8. The number of rotatable bonds is 3. The molecule has 148 valence electrons. The minimum absolute atomic E-state index is 0.0428. The Balaban J connectivity index is 1.47. The second-order valence-corrected chi connectivity index (χ2v) is 10.9. The van der Waals surface area contributed by atoms with Crippen molar-refractivity contribution in [2.45, 2.75) is 67.2 Å². The third kappa shape index (κ3) is 2.08. The highest BCUT2D eigenvalue weighted by Gasteiger charge is 2.66. The van der Waals surface area contributed by atoms with Crippen LogP contribution in [0, 0.1) is 39.4 Å². The maximum absolute atomic E-state index is 12.9. The summed E-state index contributed by atoms with van der Waals surface area (Å²) in [5.74, 6) is 0.0794. The molecule has 5 unspecified atom stereocenters. The fraction of sp³-hybridized carbons (Fsp3) is 0.783. The molecular formula is C23H32O4. The second kappa shape index (κ2) is 5.33. The van der Waals surface area contributed by atoms with Crippen LogP contribution in [-0.4, -0.2) is 24.1 Å². The average Bonchev–Trinajstić information content (AvgIpc) is 3.06. The van der Waals surface area contributed by atoms with Crippen LogP contribution in [-0.2, 0) is 19.1 Å². The van der Waals surface area contributed by atoms with E-state index in [9.17, 15) is 14.4 Å². The van der Waals surface area contributed by atoms with Crippen molar-refractivity contribution in [3.05, 3.63) is 11.6 Å². The number of fused-ring (bicyclic) bond motifs is 4. The predicted octanol–water partition coefficient (Wildman–Crippen LogP) is 4.12. The van der Waals surface area contributed by atoms with Gasteiger partial charge in [0.05, 0.1) is 5.92 Å². The molecule has 4 aliphatic rings. The normalized spacial score (nSPS) is 45.1. The number of hydrogen-bond donors (Lipinski definition) is 0. The van der Waals surface area contributed by atoms with Crippen molar-refractivity contribution in [2.75, 3.05) is 6.61 Å². The zero-order chi connectivity index (χ0) is 20.0. The van der Waals surface area contributed by atoms with Crippen molar-refractivity contribution in [1.82, 2.24) is 0 Å². The molecule has 4 rings (SSSR count). The van der Waals surface area contributed by atoms with Crippen LogP contribution in [0.1, 0.15) is 67.2 Å². The van der Waals surface area contributed by atoms with E-state index in [1.165, 1.54) is 6.08 Å². The third-order valence-electron chi connectivity index (χ3n) is 9.71. The van der Waals surface area contributed by atoms with Gasteiger partial charge in [0.15, 0.2) is 5.78 Å². The Bertz CT molecular complexity index is 773. The number of carbonyl (C=O) groups is 3. The lowest BCUT2D eigenvalue weighted by molar-refractivity contribution is -0.143. The maximum atomic E-state index is 12.9. The minimum Gasteiger partial charge on any atom is -0.462 e. The molecule has 0 radical (unpaired) electrons. The molecular weight excluding hydrogens is 340 g/mol. The van der Waals surface area contributed by atoms with Crippen LogP contribution in [0.4, 0.5) is 0 Å². The number of ether oxygens (including phenoxy) is 1. The van der Waals surface area contributed by atoms with Crippen LogP contribution in [0.2, 0.25) is 0 Å². The lowest BCUT2D eigenvalue weighted by Crippen LogP contribution is -2.34. The Morgan fingerprint density at radius 2 is 1.63 bits per heavy atom. The summed E-state index contributed by atoms with van der Waals surface area (Å²) in [6.07, 6.45) is 5.21. The third-order valence-corrected chi connectivity index (χ3v) is 9.71. The summed E-state index contributed by atoms with van der Waals surface area (Å²) in [4.78, 5) is 38.2. The van der Waals surface area contributed by atoms with E-state index in [1.54, 1.807) is 0 Å². The molecule has 4 heteroatoms. The molecule has 5 atom stereocenters. The molecule has 0 aliphatic heterocycles. The lowest BCUT2D eigenvalue weighted by atomic mass is 9.70. The van der Waals surface area contributed by atoms with Gasteiger partial charge in [0.25, 0.3) is 0 Å². The van der Waals surface area contributed by atoms with Gasteiger partial charge in [-0.15, -0.1) is 0 Å². The van der Waals surface area contributed by atoms with Crippen LogP contribution in [0.5, 0.6) is 0 Å². The van der Waals surface area contributed by atoms with Crippen molar-refractivity contribution in [2.24, 2.45) is 39.4 Å². The first-order valence-corrected chi connectivity index (χ1v) is 10.4. The van der Waals surface area contributed by atoms with Crippen molar-refractivity contribution < 1.29 is 19.1 Å². The van der Waals surface area contributed by atoms with Crippen LogP contribution in [0.25, 0.3) is 0 Å². The lowest BCUT2D eigenvalue weighted by Gasteiger charge is -2.32. The quantitative estimate of drug-likeness (QED) is 0.552. The Kier molecular flexibility index (Phi) is 3.73. The SMILES string of the molecule is CC12CCC(/C(=C/C(=O)OCC3C(=O)C4(C)CCC3C4(C)C)C1=O)C2(C)C. The molecule has 0 spiro atoms. The van der Waals surface area contributed by atoms with Crippen molar-refractivity contribution in [1.29, 1.82) is 0 Å². The largest absolute Gasteiger partial charge is 0.462 e. The monoisotopic (exact) mass is 372 g/mol. The molecule has 4 bridgehead atoms. The van der Waals surface area contributed by atoms with Gasteiger partial charge in [-0.1, -0.05) is 41.5 Å². The van der Waals surface area contributed by atoms with Crippen LogP contribution >= 0.6 is 0 Å². The number of hydrogen-bond acceptors (Lipinski definition) is 4. The van der Waals surface area contributed by atoms with E-state index in [0.717, 1.165) is 25.7 Å². The fourth-order valence-corrected chi connectivity index (χ4v) is 6.90. The van der Waals surface area contributed by atoms with Crippen molar-refractivity contribution in [3.63, 3.8) is 0 Å². The number of ketones is 2. The second-order valence-electron chi connectivity index (χ2n) is 10.9. The predicted molar refractivity (Wildman–Crippen MR) is 102 cm³/mol. The first-order valence-electron chi connectivity index (χ1n) is 10.4. The fourth-order valence-electron chi connectivity index (χ4n) is 6.90.